The van der Waals surface area contributed by atoms with E-state index in [0.717, 1.165) is 72.6 Å². The second kappa shape index (κ2) is 13.3. The SMILES string of the molecule is c1ccc(-c2nc(-c3cccc(-c4nn5c(-c6ccccc6)cc6ccccc6c5c4-c4ccccc4)c3)cc(-c3ccc4sc5ccccc5c4c3)n2)cc1. The summed E-state index contributed by atoms with van der Waals surface area (Å²) < 4.78 is 4.70. The van der Waals surface area contributed by atoms with E-state index >= 15 is 0 Å². The smallest absolute Gasteiger partial charge is 0.160 e. The van der Waals surface area contributed by atoms with E-state index < -0.39 is 0 Å². The zero-order chi connectivity index (χ0) is 37.0. The van der Waals surface area contributed by atoms with Crippen molar-refractivity contribution in [2.45, 2.75) is 0 Å². The van der Waals surface area contributed by atoms with Gasteiger partial charge in [-0.1, -0.05) is 158 Å². The highest BCUT2D eigenvalue weighted by Gasteiger charge is 2.22. The standard InChI is InChI=1S/C51H32N4S/c1-4-15-33(16-5-1)45-31-36-21-10-11-24-40(36)50-48(34-17-6-2-7-18-34)49(54-55(45)50)39-23-14-22-37(29-39)43-32-44(53-51(52-43)35-19-8-3-9-20-35)38-27-28-47-42(30-38)41-25-12-13-26-46(41)56-47/h1-32H. The van der Waals surface area contributed by atoms with Crippen molar-refractivity contribution in [3.05, 3.63) is 194 Å². The maximum Gasteiger partial charge on any atom is 0.160 e. The van der Waals surface area contributed by atoms with Crippen LogP contribution in [0.2, 0.25) is 0 Å². The number of pyridine rings is 1. The van der Waals surface area contributed by atoms with E-state index in [0.29, 0.717) is 5.82 Å². The van der Waals surface area contributed by atoms with E-state index in [4.69, 9.17) is 15.1 Å². The molecule has 4 heterocycles. The maximum atomic E-state index is 5.48. The fraction of sp³-hybridized carbons (Fsp3) is 0. The van der Waals surface area contributed by atoms with E-state index in [1.807, 2.05) is 29.5 Å². The lowest BCUT2D eigenvalue weighted by molar-refractivity contribution is 0.979. The van der Waals surface area contributed by atoms with E-state index in [9.17, 15) is 0 Å². The Balaban J connectivity index is 1.13. The lowest BCUT2D eigenvalue weighted by Crippen LogP contribution is -1.96. The zero-order valence-electron chi connectivity index (χ0n) is 30.2. The summed E-state index contributed by atoms with van der Waals surface area (Å²) in [5, 5.41) is 10.3. The molecule has 0 N–H and O–H groups in total. The van der Waals surface area contributed by atoms with Crippen LogP contribution in [-0.4, -0.2) is 19.6 Å². The van der Waals surface area contributed by atoms with Crippen LogP contribution in [0.5, 0.6) is 0 Å². The van der Waals surface area contributed by atoms with E-state index in [1.54, 1.807) is 0 Å². The number of benzene rings is 7. The van der Waals surface area contributed by atoms with Gasteiger partial charge in [-0.15, -0.1) is 11.3 Å². The van der Waals surface area contributed by atoms with E-state index in [1.165, 1.54) is 25.6 Å². The Labute approximate surface area is 327 Å². The predicted molar refractivity (Wildman–Crippen MR) is 234 cm³/mol. The van der Waals surface area contributed by atoms with Gasteiger partial charge in [0.15, 0.2) is 5.82 Å². The molecule has 4 nitrogen and oxygen atoms in total. The van der Waals surface area contributed by atoms with Gasteiger partial charge in [0.25, 0.3) is 0 Å². The van der Waals surface area contributed by atoms with Crippen molar-refractivity contribution < 1.29 is 0 Å². The Morgan fingerprint density at radius 3 is 1.75 bits per heavy atom. The summed E-state index contributed by atoms with van der Waals surface area (Å²) in [4.78, 5) is 10.4. The largest absolute Gasteiger partial charge is 0.231 e. The average molecular weight is 733 g/mol. The van der Waals surface area contributed by atoms with Gasteiger partial charge in [0.05, 0.1) is 22.6 Å². The topological polar surface area (TPSA) is 43.1 Å². The van der Waals surface area contributed by atoms with Gasteiger partial charge >= 0.3 is 0 Å². The van der Waals surface area contributed by atoms with Crippen LogP contribution in [0.4, 0.5) is 0 Å². The molecule has 0 aliphatic carbocycles. The minimum Gasteiger partial charge on any atom is -0.231 e. The summed E-state index contributed by atoms with van der Waals surface area (Å²) in [7, 11) is 0. The monoisotopic (exact) mass is 732 g/mol. The first-order valence-electron chi connectivity index (χ1n) is 18.8. The van der Waals surface area contributed by atoms with Crippen LogP contribution in [0.25, 0.3) is 104 Å². The minimum absolute atomic E-state index is 0.690. The highest BCUT2D eigenvalue weighted by Crippen LogP contribution is 2.42. The molecule has 262 valence electrons. The maximum absolute atomic E-state index is 5.48. The summed E-state index contributed by atoms with van der Waals surface area (Å²) in [5.74, 6) is 0.690. The van der Waals surface area contributed by atoms with Gasteiger partial charge in [0, 0.05) is 58.9 Å². The fourth-order valence-electron chi connectivity index (χ4n) is 7.95. The van der Waals surface area contributed by atoms with Crippen LogP contribution in [-0.2, 0) is 0 Å². The van der Waals surface area contributed by atoms with Crippen molar-refractivity contribution in [2.75, 3.05) is 0 Å². The fourth-order valence-corrected chi connectivity index (χ4v) is 9.04. The molecular formula is C51H32N4S. The third kappa shape index (κ3) is 5.48. The number of rotatable bonds is 6. The first-order chi connectivity index (χ1) is 27.7. The quantitative estimate of drug-likeness (QED) is 0.171. The first-order valence-corrected chi connectivity index (χ1v) is 19.6. The number of aromatic nitrogens is 4. The molecule has 0 bridgehead atoms. The highest BCUT2D eigenvalue weighted by atomic mass is 32.1. The third-order valence-electron chi connectivity index (χ3n) is 10.6. The molecule has 4 aromatic heterocycles. The van der Waals surface area contributed by atoms with Crippen LogP contribution >= 0.6 is 11.3 Å². The van der Waals surface area contributed by atoms with Crippen LogP contribution in [0.3, 0.4) is 0 Å². The van der Waals surface area contributed by atoms with Crippen molar-refractivity contribution in [1.29, 1.82) is 0 Å². The number of nitrogens with zero attached hydrogens (tertiary/aromatic N) is 4. The second-order valence-corrected chi connectivity index (χ2v) is 15.1. The molecule has 56 heavy (non-hydrogen) atoms. The summed E-state index contributed by atoms with van der Waals surface area (Å²) in [6, 6.07) is 68.4. The zero-order valence-corrected chi connectivity index (χ0v) is 31.0. The minimum atomic E-state index is 0.690. The molecule has 7 aromatic carbocycles. The van der Waals surface area contributed by atoms with Crippen molar-refractivity contribution in [3.63, 3.8) is 0 Å². The molecule has 0 saturated carbocycles. The van der Waals surface area contributed by atoms with Crippen molar-refractivity contribution in [2.24, 2.45) is 0 Å². The van der Waals surface area contributed by atoms with Crippen LogP contribution < -0.4 is 0 Å². The van der Waals surface area contributed by atoms with Gasteiger partial charge in [-0.2, -0.15) is 5.10 Å². The van der Waals surface area contributed by atoms with Gasteiger partial charge < -0.3 is 0 Å². The van der Waals surface area contributed by atoms with Crippen molar-refractivity contribution >= 4 is 47.8 Å². The summed E-state index contributed by atoms with van der Waals surface area (Å²) in [5.41, 5.74) is 12.1. The molecule has 0 radical (unpaired) electrons. The van der Waals surface area contributed by atoms with Gasteiger partial charge in [-0.3, -0.25) is 0 Å². The van der Waals surface area contributed by atoms with Gasteiger partial charge in [0.1, 0.15) is 5.69 Å². The van der Waals surface area contributed by atoms with Crippen LogP contribution in [0.15, 0.2) is 194 Å². The molecule has 5 heteroatoms. The van der Waals surface area contributed by atoms with E-state index in [2.05, 4.69) is 180 Å². The summed E-state index contributed by atoms with van der Waals surface area (Å²) in [6.07, 6.45) is 0. The molecule has 0 unspecified atom stereocenters. The van der Waals surface area contributed by atoms with Crippen molar-refractivity contribution in [1.82, 2.24) is 19.6 Å². The molecule has 0 atom stereocenters. The molecule has 0 amide bonds. The molecule has 0 aliphatic heterocycles. The van der Waals surface area contributed by atoms with Gasteiger partial charge in [-0.05, 0) is 47.3 Å². The van der Waals surface area contributed by atoms with E-state index in [-0.39, 0.29) is 0 Å². The summed E-state index contributed by atoms with van der Waals surface area (Å²) in [6.45, 7) is 0. The Morgan fingerprint density at radius 1 is 0.393 bits per heavy atom. The number of hydrogen-bond acceptors (Lipinski definition) is 4. The molecule has 0 fully saturated rings. The van der Waals surface area contributed by atoms with Crippen molar-refractivity contribution in [3.8, 4) is 67.5 Å². The Bertz CT molecular complexity index is 3240. The summed E-state index contributed by atoms with van der Waals surface area (Å²) >= 11 is 1.83. The first kappa shape index (κ1) is 32.2. The lowest BCUT2D eigenvalue weighted by Gasteiger charge is -2.11. The normalized spacial score (nSPS) is 11.6. The number of hydrogen-bond donors (Lipinski definition) is 0. The molecule has 0 saturated heterocycles. The molecule has 0 spiro atoms. The van der Waals surface area contributed by atoms with Crippen LogP contribution in [0, 0.1) is 0 Å². The molecular weight excluding hydrogens is 701 g/mol. The number of fused-ring (bicyclic) bond motifs is 6. The molecule has 11 aromatic rings. The Morgan fingerprint density at radius 2 is 0.982 bits per heavy atom. The molecule has 11 rings (SSSR count). The average Bonchev–Trinajstić information content (AvgIpc) is 3.86. The van der Waals surface area contributed by atoms with Crippen LogP contribution in [0.1, 0.15) is 0 Å². The highest BCUT2D eigenvalue weighted by molar-refractivity contribution is 7.25. The third-order valence-corrected chi connectivity index (χ3v) is 11.8. The Kier molecular flexibility index (Phi) is 7.64. The van der Waals surface area contributed by atoms with Gasteiger partial charge in [0.2, 0.25) is 0 Å². The predicted octanol–water partition coefficient (Wildman–Crippen LogP) is 13.6. The molecule has 0 aliphatic rings. The Hall–Kier alpha value is -7.21. The lowest BCUT2D eigenvalue weighted by atomic mass is 9.95. The van der Waals surface area contributed by atoms with Gasteiger partial charge in [-0.25, -0.2) is 14.5 Å². The second-order valence-electron chi connectivity index (χ2n) is 14.1. The number of thiophene rings is 1.